The maximum Gasteiger partial charge on any atom is 0.328 e. The molecule has 0 aromatic carbocycles. The maximum atomic E-state index is 12.2. The Morgan fingerprint density at radius 2 is 2.20 bits per heavy atom. The minimum absolute atomic E-state index is 0.259. The monoisotopic (exact) mass is 381 g/mol. The first-order valence-corrected chi connectivity index (χ1v) is 9.80. The van der Waals surface area contributed by atoms with Gasteiger partial charge in [-0.3, -0.25) is 9.59 Å². The highest BCUT2D eigenvalue weighted by Crippen LogP contribution is 2.20. The second-order valence-corrected chi connectivity index (χ2v) is 7.05. The molecule has 1 N–H and O–H groups in total. The number of nitrogens with zero attached hydrogens (tertiary/aromatic N) is 2. The van der Waals surface area contributed by atoms with Crippen LogP contribution in [0.4, 0.5) is 0 Å². The second kappa shape index (κ2) is 9.38. The van der Waals surface area contributed by atoms with Gasteiger partial charge in [-0.15, -0.1) is 11.3 Å². The van der Waals surface area contributed by atoms with Crippen molar-refractivity contribution in [1.29, 1.82) is 0 Å². The Kier molecular flexibility index (Phi) is 7.20. The minimum atomic E-state index is -0.735. The van der Waals surface area contributed by atoms with E-state index in [4.69, 9.17) is 4.74 Å². The minimum Gasteiger partial charge on any atom is -0.467 e. The lowest BCUT2D eigenvalue weighted by molar-refractivity contribution is -0.145. The van der Waals surface area contributed by atoms with Gasteiger partial charge in [-0.25, -0.2) is 9.48 Å². The van der Waals surface area contributed by atoms with Crippen LogP contribution in [-0.2, 0) is 20.9 Å². The zero-order valence-corrected chi connectivity index (χ0v) is 15.6. The van der Waals surface area contributed by atoms with E-state index in [1.165, 1.54) is 24.5 Å². The van der Waals surface area contributed by atoms with Crippen LogP contribution in [0.3, 0.4) is 0 Å². The van der Waals surface area contributed by atoms with Gasteiger partial charge in [0.15, 0.2) is 0 Å². The van der Waals surface area contributed by atoms with E-state index in [0.29, 0.717) is 17.9 Å². The summed E-state index contributed by atoms with van der Waals surface area (Å²) in [5.41, 5.74) is 0.239. The third-order valence-electron chi connectivity index (χ3n) is 3.37. The number of carbonyl (C=O) groups is 2. The number of nitrogens with one attached hydrogen (secondary N) is 1. The predicted molar refractivity (Wildman–Crippen MR) is 98.8 cm³/mol. The normalized spacial score (nSPS) is 11.8. The van der Waals surface area contributed by atoms with Crippen molar-refractivity contribution in [1.82, 2.24) is 15.1 Å². The highest BCUT2D eigenvalue weighted by atomic mass is 32.2. The fourth-order valence-corrected chi connectivity index (χ4v) is 3.28. The zero-order valence-electron chi connectivity index (χ0n) is 13.9. The smallest absolute Gasteiger partial charge is 0.328 e. The van der Waals surface area contributed by atoms with Crippen molar-refractivity contribution < 1.29 is 14.3 Å². The summed E-state index contributed by atoms with van der Waals surface area (Å²) in [4.78, 5) is 36.8. The average molecular weight is 381 g/mol. The molecule has 2 aromatic heterocycles. The molecule has 0 spiro atoms. The molecule has 0 bridgehead atoms. The Labute approximate surface area is 153 Å². The summed E-state index contributed by atoms with van der Waals surface area (Å²) in [6.07, 6.45) is 2.37. The number of methoxy groups -OCH3 is 1. The molecule has 0 aliphatic rings. The van der Waals surface area contributed by atoms with Gasteiger partial charge in [0, 0.05) is 6.07 Å². The molecule has 25 heavy (non-hydrogen) atoms. The molecule has 9 heteroatoms. The van der Waals surface area contributed by atoms with Crippen LogP contribution in [-0.4, -0.2) is 46.8 Å². The van der Waals surface area contributed by atoms with Crippen LogP contribution in [0.1, 0.15) is 6.42 Å². The zero-order chi connectivity index (χ0) is 18.2. The van der Waals surface area contributed by atoms with Gasteiger partial charge in [-0.1, -0.05) is 6.07 Å². The van der Waals surface area contributed by atoms with Crippen LogP contribution in [0, 0.1) is 0 Å². The lowest BCUT2D eigenvalue weighted by Crippen LogP contribution is -2.44. The van der Waals surface area contributed by atoms with Crippen molar-refractivity contribution in [3.8, 4) is 10.6 Å². The van der Waals surface area contributed by atoms with Gasteiger partial charge in [0.2, 0.25) is 5.91 Å². The third kappa shape index (κ3) is 5.43. The summed E-state index contributed by atoms with van der Waals surface area (Å²) < 4.78 is 5.80. The van der Waals surface area contributed by atoms with Crippen molar-refractivity contribution >= 4 is 35.0 Å². The van der Waals surface area contributed by atoms with E-state index in [-0.39, 0.29) is 12.1 Å². The van der Waals surface area contributed by atoms with E-state index in [9.17, 15) is 14.4 Å². The Hall–Kier alpha value is -2.13. The van der Waals surface area contributed by atoms with Gasteiger partial charge in [0.05, 0.1) is 12.0 Å². The number of amides is 1. The van der Waals surface area contributed by atoms with Crippen LogP contribution in [0.15, 0.2) is 34.4 Å². The summed E-state index contributed by atoms with van der Waals surface area (Å²) in [6.45, 7) is -0.259. The molecule has 0 fully saturated rings. The van der Waals surface area contributed by atoms with Crippen LogP contribution in [0.5, 0.6) is 0 Å². The van der Waals surface area contributed by atoms with Gasteiger partial charge >= 0.3 is 5.97 Å². The second-order valence-electron chi connectivity index (χ2n) is 5.12. The van der Waals surface area contributed by atoms with E-state index in [0.717, 1.165) is 9.56 Å². The first kappa shape index (κ1) is 19.2. The molecule has 0 aliphatic heterocycles. The number of hydrogen-bond acceptors (Lipinski definition) is 7. The first-order chi connectivity index (χ1) is 12.0. The molecule has 0 saturated carbocycles. The van der Waals surface area contributed by atoms with Crippen LogP contribution >= 0.6 is 23.1 Å². The van der Waals surface area contributed by atoms with Crippen molar-refractivity contribution in [2.45, 2.75) is 19.0 Å². The van der Waals surface area contributed by atoms with Crippen molar-refractivity contribution in [2.24, 2.45) is 0 Å². The van der Waals surface area contributed by atoms with Gasteiger partial charge in [0.1, 0.15) is 18.3 Å². The van der Waals surface area contributed by atoms with E-state index in [1.807, 2.05) is 23.8 Å². The lowest BCUT2D eigenvalue weighted by Gasteiger charge is -2.16. The molecule has 134 valence electrons. The van der Waals surface area contributed by atoms with Gasteiger partial charge in [-0.2, -0.15) is 16.9 Å². The van der Waals surface area contributed by atoms with Crippen molar-refractivity contribution in [2.75, 3.05) is 19.1 Å². The quantitative estimate of drug-likeness (QED) is 0.695. The number of rotatable bonds is 8. The number of thioether (sulfide) groups is 1. The number of aromatic nitrogens is 2. The van der Waals surface area contributed by atoms with E-state index < -0.39 is 17.9 Å². The molecule has 2 aromatic rings. The van der Waals surface area contributed by atoms with Crippen molar-refractivity contribution in [3.05, 3.63) is 40.0 Å². The van der Waals surface area contributed by atoms with Gasteiger partial charge in [-0.05, 0) is 35.9 Å². The fourth-order valence-electron chi connectivity index (χ4n) is 2.12. The predicted octanol–water partition coefficient (Wildman–Crippen LogP) is 1.38. The average Bonchev–Trinajstić information content (AvgIpc) is 3.14. The fraction of sp³-hybridized carbons (Fsp3) is 0.375. The Balaban J connectivity index is 2.10. The molecule has 7 nitrogen and oxygen atoms in total. The molecular weight excluding hydrogens is 362 g/mol. The molecule has 0 unspecified atom stereocenters. The molecule has 1 amide bonds. The van der Waals surface area contributed by atoms with E-state index >= 15 is 0 Å². The maximum absolute atomic E-state index is 12.2. The highest BCUT2D eigenvalue weighted by molar-refractivity contribution is 7.98. The molecule has 0 aliphatic carbocycles. The Morgan fingerprint density at radius 3 is 2.84 bits per heavy atom. The van der Waals surface area contributed by atoms with E-state index in [2.05, 4.69) is 10.4 Å². The third-order valence-corrected chi connectivity index (χ3v) is 4.90. The van der Waals surface area contributed by atoms with Gasteiger partial charge < -0.3 is 10.1 Å². The molecule has 0 radical (unpaired) electrons. The first-order valence-electron chi connectivity index (χ1n) is 7.53. The standard InChI is InChI=1S/C16H19N3O4S2/c1-23-16(22)12(7-9-24-2)17-14(20)10-19-15(21)6-5-11(18-19)13-4-3-8-25-13/h3-6,8,12H,7,9-10H2,1-2H3,(H,17,20)/t12-/m1/s1. The number of carbonyl (C=O) groups excluding carboxylic acids is 2. The summed E-state index contributed by atoms with van der Waals surface area (Å²) in [5, 5.41) is 8.74. The van der Waals surface area contributed by atoms with Crippen LogP contribution < -0.4 is 10.9 Å². The largest absolute Gasteiger partial charge is 0.467 e. The van der Waals surface area contributed by atoms with Crippen molar-refractivity contribution in [3.63, 3.8) is 0 Å². The topological polar surface area (TPSA) is 90.3 Å². The number of esters is 1. The molecule has 2 rings (SSSR count). The Morgan fingerprint density at radius 1 is 1.40 bits per heavy atom. The molecule has 0 saturated heterocycles. The summed E-state index contributed by atoms with van der Waals surface area (Å²) >= 11 is 3.06. The summed E-state index contributed by atoms with van der Waals surface area (Å²) in [7, 11) is 1.27. The summed E-state index contributed by atoms with van der Waals surface area (Å²) in [5.74, 6) is -0.268. The van der Waals surface area contributed by atoms with E-state index in [1.54, 1.807) is 17.8 Å². The van der Waals surface area contributed by atoms with Crippen LogP contribution in [0.25, 0.3) is 10.6 Å². The van der Waals surface area contributed by atoms with Gasteiger partial charge in [0.25, 0.3) is 5.56 Å². The summed E-state index contributed by atoms with van der Waals surface area (Å²) in [6, 6.07) is 6.04. The SMILES string of the molecule is COC(=O)[C@@H](CCSC)NC(=O)Cn1nc(-c2cccs2)ccc1=O. The molecule has 2 heterocycles. The lowest BCUT2D eigenvalue weighted by atomic mass is 10.2. The molecule has 1 atom stereocenters. The highest BCUT2D eigenvalue weighted by Gasteiger charge is 2.21. The number of hydrogen-bond donors (Lipinski definition) is 1. The van der Waals surface area contributed by atoms with Crippen LogP contribution in [0.2, 0.25) is 0 Å². The number of thiophene rings is 1. The molecular formula is C16H19N3O4S2. The Bertz CT molecular complexity index is 774. The number of ether oxygens (including phenoxy) is 1.